The highest BCUT2D eigenvalue weighted by Crippen LogP contribution is 2.37. The van der Waals surface area contributed by atoms with Gasteiger partial charge in [0, 0.05) is 6.92 Å². The first-order valence-corrected chi connectivity index (χ1v) is 6.71. The second-order valence-electron chi connectivity index (χ2n) is 6.14. The van der Waals surface area contributed by atoms with E-state index in [1.54, 1.807) is 5.57 Å². The van der Waals surface area contributed by atoms with E-state index in [1.807, 2.05) is 0 Å². The van der Waals surface area contributed by atoms with Crippen LogP contribution in [0.5, 0.6) is 0 Å². The van der Waals surface area contributed by atoms with Crippen LogP contribution in [0.25, 0.3) is 0 Å². The minimum atomic E-state index is -0.171. The molecule has 0 radical (unpaired) electrons. The van der Waals surface area contributed by atoms with Gasteiger partial charge in [-0.1, -0.05) is 32.4 Å². The molecule has 0 N–H and O–H groups in total. The largest absolute Gasteiger partial charge is 0.466 e. The summed E-state index contributed by atoms with van der Waals surface area (Å²) in [6.45, 7) is 9.02. The zero-order chi connectivity index (χ0) is 12.9. The molecule has 1 aliphatic rings. The Balaban J connectivity index is 2.25. The first-order valence-electron chi connectivity index (χ1n) is 6.71. The number of ether oxygens (including phenoxy) is 1. The van der Waals surface area contributed by atoms with Gasteiger partial charge in [0.1, 0.15) is 0 Å². The Bertz CT molecular complexity index is 284. The first kappa shape index (κ1) is 14.3. The molecule has 0 heterocycles. The van der Waals surface area contributed by atoms with Gasteiger partial charge in [0.15, 0.2) is 0 Å². The second kappa shape index (κ2) is 6.23. The molecule has 0 aromatic rings. The molecule has 1 aliphatic carbocycles. The van der Waals surface area contributed by atoms with Crippen molar-refractivity contribution in [1.29, 1.82) is 0 Å². The lowest BCUT2D eigenvalue weighted by atomic mass is 9.73. The molecule has 2 heteroatoms. The Morgan fingerprint density at radius 3 is 2.65 bits per heavy atom. The third kappa shape index (κ3) is 5.38. The Kier molecular flexibility index (Phi) is 5.23. The third-order valence-corrected chi connectivity index (χ3v) is 3.68. The summed E-state index contributed by atoms with van der Waals surface area (Å²) >= 11 is 0. The molecule has 0 fully saturated rings. The molecular formula is C15H26O2. The lowest BCUT2D eigenvalue weighted by Gasteiger charge is -2.33. The molecule has 0 aliphatic heterocycles. The number of allylic oxidation sites excluding steroid dienone is 2. The molecule has 0 amide bonds. The highest BCUT2D eigenvalue weighted by atomic mass is 16.5. The minimum absolute atomic E-state index is 0.171. The maximum absolute atomic E-state index is 10.6. The molecular weight excluding hydrogens is 212 g/mol. The monoisotopic (exact) mass is 238 g/mol. The van der Waals surface area contributed by atoms with Gasteiger partial charge in [0.2, 0.25) is 0 Å². The van der Waals surface area contributed by atoms with Crippen LogP contribution in [0.15, 0.2) is 11.6 Å². The lowest BCUT2D eigenvalue weighted by Crippen LogP contribution is -2.22. The van der Waals surface area contributed by atoms with Gasteiger partial charge >= 0.3 is 5.97 Å². The summed E-state index contributed by atoms with van der Waals surface area (Å²) < 4.78 is 4.94. The summed E-state index contributed by atoms with van der Waals surface area (Å²) in [6, 6.07) is 0. The fourth-order valence-electron chi connectivity index (χ4n) is 2.42. The van der Waals surface area contributed by atoms with Crippen molar-refractivity contribution in [3.05, 3.63) is 11.6 Å². The van der Waals surface area contributed by atoms with E-state index in [4.69, 9.17) is 4.74 Å². The number of esters is 1. The summed E-state index contributed by atoms with van der Waals surface area (Å²) in [4.78, 5) is 10.6. The van der Waals surface area contributed by atoms with Crippen LogP contribution in [-0.2, 0) is 9.53 Å². The molecule has 0 saturated carbocycles. The molecule has 98 valence electrons. The van der Waals surface area contributed by atoms with Gasteiger partial charge in [-0.25, -0.2) is 0 Å². The van der Waals surface area contributed by atoms with Gasteiger partial charge in [-0.3, -0.25) is 4.79 Å². The SMILES string of the molecule is CC(=O)OCCCC1=CCC(C(C)(C)C)CC1. The van der Waals surface area contributed by atoms with Crippen LogP contribution >= 0.6 is 0 Å². The van der Waals surface area contributed by atoms with Gasteiger partial charge in [-0.15, -0.1) is 0 Å². The maximum Gasteiger partial charge on any atom is 0.302 e. The van der Waals surface area contributed by atoms with Crippen LogP contribution in [0.3, 0.4) is 0 Å². The van der Waals surface area contributed by atoms with Crippen molar-refractivity contribution in [2.24, 2.45) is 11.3 Å². The van der Waals surface area contributed by atoms with Crippen molar-refractivity contribution in [2.45, 2.75) is 59.8 Å². The van der Waals surface area contributed by atoms with E-state index in [9.17, 15) is 4.79 Å². The number of carbonyl (C=O) groups is 1. The molecule has 0 spiro atoms. The molecule has 0 bridgehead atoms. The van der Waals surface area contributed by atoms with Crippen molar-refractivity contribution < 1.29 is 9.53 Å². The Labute approximate surface area is 105 Å². The summed E-state index contributed by atoms with van der Waals surface area (Å²) in [6.07, 6.45) is 8.21. The molecule has 0 aromatic heterocycles. The lowest BCUT2D eigenvalue weighted by molar-refractivity contribution is -0.141. The quantitative estimate of drug-likeness (QED) is 0.418. The van der Waals surface area contributed by atoms with Crippen molar-refractivity contribution in [3.8, 4) is 0 Å². The van der Waals surface area contributed by atoms with Crippen LogP contribution in [0.4, 0.5) is 0 Å². The maximum atomic E-state index is 10.6. The Hall–Kier alpha value is -0.790. The molecule has 2 nitrogen and oxygen atoms in total. The van der Waals surface area contributed by atoms with Gasteiger partial charge in [0.25, 0.3) is 0 Å². The third-order valence-electron chi connectivity index (χ3n) is 3.68. The predicted molar refractivity (Wildman–Crippen MR) is 70.7 cm³/mol. The molecule has 1 unspecified atom stereocenters. The average molecular weight is 238 g/mol. The van der Waals surface area contributed by atoms with Crippen LogP contribution in [-0.4, -0.2) is 12.6 Å². The van der Waals surface area contributed by atoms with Gasteiger partial charge in [-0.2, -0.15) is 0 Å². The van der Waals surface area contributed by atoms with Gasteiger partial charge in [-0.05, 0) is 43.4 Å². The first-order chi connectivity index (χ1) is 7.89. The summed E-state index contributed by atoms with van der Waals surface area (Å²) in [5, 5.41) is 0. The molecule has 1 rings (SSSR count). The van der Waals surface area contributed by atoms with E-state index in [0.29, 0.717) is 12.0 Å². The smallest absolute Gasteiger partial charge is 0.302 e. The number of hydrogen-bond donors (Lipinski definition) is 0. The topological polar surface area (TPSA) is 26.3 Å². The summed E-state index contributed by atoms with van der Waals surface area (Å²) in [5.41, 5.74) is 1.98. The molecule has 0 saturated heterocycles. The number of rotatable bonds is 4. The van der Waals surface area contributed by atoms with E-state index in [2.05, 4.69) is 26.8 Å². The van der Waals surface area contributed by atoms with E-state index < -0.39 is 0 Å². The number of hydrogen-bond acceptors (Lipinski definition) is 2. The fraction of sp³-hybridized carbons (Fsp3) is 0.800. The highest BCUT2D eigenvalue weighted by Gasteiger charge is 2.25. The van der Waals surface area contributed by atoms with Crippen molar-refractivity contribution in [1.82, 2.24) is 0 Å². The van der Waals surface area contributed by atoms with Crippen molar-refractivity contribution in [3.63, 3.8) is 0 Å². The second-order valence-corrected chi connectivity index (χ2v) is 6.14. The normalized spacial score (nSPS) is 20.9. The average Bonchev–Trinajstić information content (AvgIpc) is 2.23. The van der Waals surface area contributed by atoms with Crippen LogP contribution in [0.2, 0.25) is 0 Å². The van der Waals surface area contributed by atoms with E-state index >= 15 is 0 Å². The zero-order valence-corrected chi connectivity index (χ0v) is 11.7. The standard InChI is InChI=1S/C15H26O2/c1-12(16)17-11-5-6-13-7-9-14(10-8-13)15(2,3)4/h7,14H,5-6,8-11H2,1-4H3. The predicted octanol–water partition coefficient (Wildman–Crippen LogP) is 4.10. The van der Waals surface area contributed by atoms with Crippen LogP contribution in [0, 0.1) is 11.3 Å². The van der Waals surface area contributed by atoms with E-state index in [-0.39, 0.29) is 5.97 Å². The summed E-state index contributed by atoms with van der Waals surface area (Å²) in [5.74, 6) is 0.648. The molecule has 0 aromatic carbocycles. The zero-order valence-electron chi connectivity index (χ0n) is 11.7. The Morgan fingerprint density at radius 1 is 1.47 bits per heavy atom. The fourth-order valence-corrected chi connectivity index (χ4v) is 2.42. The Morgan fingerprint density at radius 2 is 2.18 bits per heavy atom. The molecule has 1 atom stereocenters. The van der Waals surface area contributed by atoms with E-state index in [0.717, 1.165) is 18.8 Å². The van der Waals surface area contributed by atoms with Crippen LogP contribution < -0.4 is 0 Å². The summed E-state index contributed by atoms with van der Waals surface area (Å²) in [7, 11) is 0. The highest BCUT2D eigenvalue weighted by molar-refractivity contribution is 5.65. The molecule has 17 heavy (non-hydrogen) atoms. The minimum Gasteiger partial charge on any atom is -0.466 e. The van der Waals surface area contributed by atoms with Crippen molar-refractivity contribution >= 4 is 5.97 Å². The van der Waals surface area contributed by atoms with Crippen LogP contribution in [0.1, 0.15) is 59.8 Å². The van der Waals surface area contributed by atoms with Gasteiger partial charge in [0.05, 0.1) is 6.61 Å². The van der Waals surface area contributed by atoms with E-state index in [1.165, 1.54) is 26.2 Å². The van der Waals surface area contributed by atoms with Gasteiger partial charge < -0.3 is 4.74 Å². The van der Waals surface area contributed by atoms with Crippen molar-refractivity contribution in [2.75, 3.05) is 6.61 Å². The number of carbonyl (C=O) groups excluding carboxylic acids is 1.